The molecule has 1 aliphatic heterocycles. The molecule has 0 unspecified atom stereocenters. The predicted octanol–water partition coefficient (Wildman–Crippen LogP) is 5.56. The molecule has 5 nitrogen and oxygen atoms in total. The van der Waals surface area contributed by atoms with Crippen molar-refractivity contribution < 1.29 is 9.53 Å². The highest BCUT2D eigenvalue weighted by Crippen LogP contribution is 2.28. The minimum atomic E-state index is 0.0578. The molecule has 5 rings (SSSR count). The summed E-state index contributed by atoms with van der Waals surface area (Å²) in [5.41, 5.74) is 4.19. The van der Waals surface area contributed by atoms with E-state index in [4.69, 9.17) is 9.72 Å². The Kier molecular flexibility index (Phi) is 6.20. The lowest BCUT2D eigenvalue weighted by molar-refractivity contribution is -0.127. The molecule has 1 saturated heterocycles. The van der Waals surface area contributed by atoms with Gasteiger partial charge in [0.2, 0.25) is 5.91 Å². The average Bonchev–Trinajstić information content (AvgIpc) is 3.32. The molecule has 5 heteroatoms. The number of hydrogen-bond donors (Lipinski definition) is 1. The number of carbonyl (C=O) groups excluding carboxylic acids is 1. The van der Waals surface area contributed by atoms with Crippen molar-refractivity contribution in [1.82, 2.24) is 14.9 Å². The first-order chi connectivity index (χ1) is 16.2. The van der Waals surface area contributed by atoms with Crippen LogP contribution in [0.1, 0.15) is 35.7 Å². The van der Waals surface area contributed by atoms with Gasteiger partial charge < -0.3 is 14.6 Å². The summed E-state index contributed by atoms with van der Waals surface area (Å²) in [7, 11) is 0. The van der Waals surface area contributed by atoms with Crippen LogP contribution in [-0.2, 0) is 11.4 Å². The molecule has 2 heterocycles. The first-order valence-corrected chi connectivity index (χ1v) is 11.4. The fourth-order valence-corrected chi connectivity index (χ4v) is 4.23. The summed E-state index contributed by atoms with van der Waals surface area (Å²) < 4.78 is 5.83. The molecule has 1 aromatic heterocycles. The highest BCUT2D eigenvalue weighted by molar-refractivity contribution is 5.91. The van der Waals surface area contributed by atoms with E-state index in [0.717, 1.165) is 59.7 Å². The molecule has 166 valence electrons. The molecule has 1 N–H and O–H groups in total. The monoisotopic (exact) mass is 437 g/mol. The summed E-state index contributed by atoms with van der Waals surface area (Å²) in [6, 6.07) is 26.0. The zero-order valence-corrected chi connectivity index (χ0v) is 18.5. The quantitative estimate of drug-likeness (QED) is 0.402. The van der Waals surface area contributed by atoms with Crippen LogP contribution in [0.25, 0.3) is 17.1 Å². The summed E-state index contributed by atoms with van der Waals surface area (Å²) in [5, 5.41) is 0. The maximum Gasteiger partial charge on any atom is 0.246 e. The molecular weight excluding hydrogens is 410 g/mol. The number of benzene rings is 3. The van der Waals surface area contributed by atoms with Gasteiger partial charge in [-0.3, -0.25) is 4.79 Å². The number of carbonyl (C=O) groups is 1. The molecule has 0 saturated carbocycles. The molecule has 4 aromatic rings. The second-order valence-electron chi connectivity index (χ2n) is 8.42. The standard InChI is InChI=1S/C28H27N3O2/c32-27(15-12-21-10-13-24(14-11-21)33-20-22-6-2-1-3-7-22)31-18-16-23(17-19-31)28-29-25-8-4-5-9-26(25)30-28/h1-15,23H,16-20H2,(H,29,30)/b15-12+. The third-order valence-corrected chi connectivity index (χ3v) is 6.15. The first kappa shape index (κ1) is 21.0. The number of rotatable bonds is 6. The Morgan fingerprint density at radius 3 is 2.45 bits per heavy atom. The summed E-state index contributed by atoms with van der Waals surface area (Å²) in [4.78, 5) is 22.8. The Morgan fingerprint density at radius 1 is 0.970 bits per heavy atom. The summed E-state index contributed by atoms with van der Waals surface area (Å²) >= 11 is 0. The Balaban J connectivity index is 1.12. The van der Waals surface area contributed by atoms with Gasteiger partial charge in [0.25, 0.3) is 0 Å². The fraction of sp³-hybridized carbons (Fsp3) is 0.214. The second-order valence-corrected chi connectivity index (χ2v) is 8.42. The molecule has 0 spiro atoms. The molecule has 1 aliphatic rings. The van der Waals surface area contributed by atoms with Gasteiger partial charge in [-0.05, 0) is 54.3 Å². The molecule has 0 atom stereocenters. The van der Waals surface area contributed by atoms with Gasteiger partial charge in [0.1, 0.15) is 18.2 Å². The number of H-pyrrole nitrogens is 1. The Bertz CT molecular complexity index is 1200. The zero-order valence-electron chi connectivity index (χ0n) is 18.5. The van der Waals surface area contributed by atoms with Crippen LogP contribution in [-0.4, -0.2) is 33.9 Å². The predicted molar refractivity (Wildman–Crippen MR) is 131 cm³/mol. The van der Waals surface area contributed by atoms with Gasteiger partial charge in [-0.2, -0.15) is 0 Å². The number of amides is 1. The van der Waals surface area contributed by atoms with Crippen LogP contribution >= 0.6 is 0 Å². The lowest BCUT2D eigenvalue weighted by Crippen LogP contribution is -2.37. The van der Waals surface area contributed by atoms with Crippen LogP contribution in [0.3, 0.4) is 0 Å². The van der Waals surface area contributed by atoms with Gasteiger partial charge in [-0.25, -0.2) is 4.98 Å². The van der Waals surface area contributed by atoms with Crippen molar-refractivity contribution in [3.05, 3.63) is 102 Å². The van der Waals surface area contributed by atoms with Crippen molar-refractivity contribution >= 4 is 23.0 Å². The summed E-state index contributed by atoms with van der Waals surface area (Å²) in [6.45, 7) is 2.03. The highest BCUT2D eigenvalue weighted by atomic mass is 16.5. The molecule has 0 bridgehead atoms. The molecule has 1 amide bonds. The fourth-order valence-electron chi connectivity index (χ4n) is 4.23. The van der Waals surface area contributed by atoms with Crippen molar-refractivity contribution in [2.45, 2.75) is 25.4 Å². The zero-order chi connectivity index (χ0) is 22.5. The van der Waals surface area contributed by atoms with Crippen molar-refractivity contribution in [2.75, 3.05) is 13.1 Å². The third kappa shape index (κ3) is 5.14. The normalized spacial score (nSPS) is 14.7. The second kappa shape index (κ2) is 9.74. The van der Waals surface area contributed by atoms with Gasteiger partial charge >= 0.3 is 0 Å². The maximum atomic E-state index is 12.7. The van der Waals surface area contributed by atoms with E-state index < -0.39 is 0 Å². The Labute approximate surface area is 193 Å². The van der Waals surface area contributed by atoms with Crippen LogP contribution in [0, 0.1) is 0 Å². The molecule has 0 aliphatic carbocycles. The van der Waals surface area contributed by atoms with Crippen molar-refractivity contribution in [3.63, 3.8) is 0 Å². The van der Waals surface area contributed by atoms with E-state index in [9.17, 15) is 4.79 Å². The smallest absolute Gasteiger partial charge is 0.246 e. The van der Waals surface area contributed by atoms with E-state index >= 15 is 0 Å². The number of hydrogen-bond acceptors (Lipinski definition) is 3. The van der Waals surface area contributed by atoms with Gasteiger partial charge in [0, 0.05) is 25.1 Å². The van der Waals surface area contributed by atoms with E-state index in [0.29, 0.717) is 12.5 Å². The van der Waals surface area contributed by atoms with Crippen LogP contribution in [0.2, 0.25) is 0 Å². The van der Waals surface area contributed by atoms with Gasteiger partial charge in [-0.1, -0.05) is 54.6 Å². The minimum Gasteiger partial charge on any atom is -0.489 e. The molecule has 1 fully saturated rings. The number of fused-ring (bicyclic) bond motifs is 1. The lowest BCUT2D eigenvalue weighted by Gasteiger charge is -2.30. The number of imidazole rings is 1. The van der Waals surface area contributed by atoms with Crippen LogP contribution in [0.4, 0.5) is 0 Å². The number of para-hydroxylation sites is 2. The van der Waals surface area contributed by atoms with Crippen molar-refractivity contribution in [2.24, 2.45) is 0 Å². The number of nitrogens with zero attached hydrogens (tertiary/aromatic N) is 2. The largest absolute Gasteiger partial charge is 0.489 e. The number of nitrogens with one attached hydrogen (secondary N) is 1. The number of aromatic amines is 1. The molecule has 33 heavy (non-hydrogen) atoms. The minimum absolute atomic E-state index is 0.0578. The molecule has 3 aromatic carbocycles. The van der Waals surface area contributed by atoms with E-state index in [1.807, 2.05) is 83.8 Å². The summed E-state index contributed by atoms with van der Waals surface area (Å²) in [5.74, 6) is 2.28. The lowest BCUT2D eigenvalue weighted by atomic mass is 9.96. The van der Waals surface area contributed by atoms with Gasteiger partial charge in [0.15, 0.2) is 0 Å². The summed E-state index contributed by atoms with van der Waals surface area (Å²) in [6.07, 6.45) is 5.38. The Hall–Kier alpha value is -3.86. The van der Waals surface area contributed by atoms with E-state index in [1.165, 1.54) is 0 Å². The van der Waals surface area contributed by atoms with Crippen molar-refractivity contribution in [3.8, 4) is 5.75 Å². The van der Waals surface area contributed by atoms with Crippen LogP contribution in [0.15, 0.2) is 84.9 Å². The molecule has 0 radical (unpaired) electrons. The highest BCUT2D eigenvalue weighted by Gasteiger charge is 2.24. The number of likely N-dealkylation sites (tertiary alicyclic amines) is 1. The third-order valence-electron chi connectivity index (χ3n) is 6.15. The topological polar surface area (TPSA) is 58.2 Å². The SMILES string of the molecule is O=C(/C=C/c1ccc(OCc2ccccc2)cc1)N1CCC(c2nc3ccccc3[nH]2)CC1. The van der Waals surface area contributed by atoms with E-state index in [2.05, 4.69) is 11.1 Å². The van der Waals surface area contributed by atoms with E-state index in [-0.39, 0.29) is 5.91 Å². The van der Waals surface area contributed by atoms with Crippen LogP contribution in [0.5, 0.6) is 5.75 Å². The van der Waals surface area contributed by atoms with Gasteiger partial charge in [0.05, 0.1) is 11.0 Å². The van der Waals surface area contributed by atoms with Crippen LogP contribution < -0.4 is 4.74 Å². The Morgan fingerprint density at radius 2 is 1.70 bits per heavy atom. The number of piperidine rings is 1. The first-order valence-electron chi connectivity index (χ1n) is 11.4. The maximum absolute atomic E-state index is 12.7. The van der Waals surface area contributed by atoms with E-state index in [1.54, 1.807) is 6.08 Å². The van der Waals surface area contributed by atoms with Gasteiger partial charge in [-0.15, -0.1) is 0 Å². The average molecular weight is 438 g/mol. The number of aromatic nitrogens is 2. The van der Waals surface area contributed by atoms with Crippen molar-refractivity contribution in [1.29, 1.82) is 0 Å². The molecular formula is C28H27N3O2. The number of ether oxygens (including phenoxy) is 1.